The highest BCUT2D eigenvalue weighted by atomic mass is 16.6. The van der Waals surface area contributed by atoms with Crippen molar-refractivity contribution in [2.45, 2.75) is 45.3 Å². The van der Waals surface area contributed by atoms with E-state index in [2.05, 4.69) is 36.2 Å². The first-order valence-corrected chi connectivity index (χ1v) is 10.6. The predicted octanol–water partition coefficient (Wildman–Crippen LogP) is 4.57. The molecule has 8 nitrogen and oxygen atoms in total. The van der Waals surface area contributed by atoms with Gasteiger partial charge in [-0.25, -0.2) is 14.8 Å². The molecule has 1 unspecified atom stereocenters. The van der Waals surface area contributed by atoms with Crippen LogP contribution >= 0.6 is 0 Å². The first-order chi connectivity index (χ1) is 15.7. The third kappa shape index (κ3) is 4.64. The Morgan fingerprint density at radius 3 is 2.24 bits per heavy atom. The largest absolute Gasteiger partial charge is 0.489 e. The lowest BCUT2D eigenvalue weighted by Crippen LogP contribution is -2.40. The van der Waals surface area contributed by atoms with Crippen molar-refractivity contribution in [2.24, 2.45) is 0 Å². The third-order valence-electron chi connectivity index (χ3n) is 5.29. The highest BCUT2D eigenvalue weighted by molar-refractivity contribution is 6.04. The van der Waals surface area contributed by atoms with Crippen LogP contribution in [0.2, 0.25) is 0 Å². The number of hydrogen-bond donors (Lipinski definition) is 1. The minimum atomic E-state index is -1.44. The minimum absolute atomic E-state index is 0.112. The number of nitrogens with zero attached hydrogens (tertiary/aromatic N) is 3. The van der Waals surface area contributed by atoms with Gasteiger partial charge in [-0.2, -0.15) is 0 Å². The molecule has 3 aromatic rings. The smallest absolute Gasteiger partial charge is 0.437 e. The molecule has 170 valence electrons. The molecule has 0 radical (unpaired) electrons. The van der Waals surface area contributed by atoms with Gasteiger partial charge in [0.2, 0.25) is 5.60 Å². The molecule has 2 amide bonds. The molecule has 0 aliphatic carbocycles. The molecule has 1 atom stereocenters. The van der Waals surface area contributed by atoms with Crippen molar-refractivity contribution in [1.29, 1.82) is 0 Å². The molecule has 0 saturated carbocycles. The number of benzene rings is 2. The van der Waals surface area contributed by atoms with Crippen molar-refractivity contribution in [3.8, 4) is 5.75 Å². The average molecular weight is 447 g/mol. The fraction of sp³-hybridized carbons (Fsp3) is 0.280. The van der Waals surface area contributed by atoms with Crippen LogP contribution in [0.15, 0.2) is 67.0 Å². The Balaban J connectivity index is 1.42. The van der Waals surface area contributed by atoms with Gasteiger partial charge >= 0.3 is 6.09 Å². The van der Waals surface area contributed by atoms with Gasteiger partial charge in [0.25, 0.3) is 5.91 Å². The molecule has 1 saturated heterocycles. The minimum Gasteiger partial charge on any atom is -0.489 e. The van der Waals surface area contributed by atoms with Gasteiger partial charge in [0.05, 0.1) is 5.69 Å². The second kappa shape index (κ2) is 8.54. The van der Waals surface area contributed by atoms with Gasteiger partial charge in [0.15, 0.2) is 0 Å². The molecule has 1 aromatic heterocycles. The van der Waals surface area contributed by atoms with Crippen LogP contribution in [0.1, 0.15) is 44.6 Å². The van der Waals surface area contributed by atoms with E-state index in [9.17, 15) is 9.59 Å². The molecule has 1 aliphatic heterocycles. The Bertz CT molecular complexity index is 1140. The number of carbonyl (C=O) groups is 2. The molecular formula is C25H26N4O4. The number of ether oxygens (including phenoxy) is 2. The first-order valence-electron chi connectivity index (χ1n) is 10.6. The maximum absolute atomic E-state index is 13.0. The number of para-hydroxylation sites is 1. The third-order valence-corrected chi connectivity index (χ3v) is 5.29. The van der Waals surface area contributed by atoms with E-state index < -0.39 is 17.6 Å². The molecule has 1 fully saturated rings. The van der Waals surface area contributed by atoms with E-state index >= 15 is 0 Å². The molecule has 2 heterocycles. The van der Waals surface area contributed by atoms with Crippen LogP contribution in [-0.2, 0) is 27.2 Å². The molecule has 0 spiro atoms. The number of aromatic nitrogens is 2. The zero-order valence-electron chi connectivity index (χ0n) is 19.0. The number of hydrazine groups is 1. The van der Waals surface area contributed by atoms with Crippen molar-refractivity contribution in [3.05, 3.63) is 83.9 Å². The zero-order chi connectivity index (χ0) is 23.6. The Kier molecular flexibility index (Phi) is 5.76. The maximum Gasteiger partial charge on any atom is 0.437 e. The highest BCUT2D eigenvalue weighted by Crippen LogP contribution is 2.35. The summed E-state index contributed by atoms with van der Waals surface area (Å²) in [7, 11) is 0. The van der Waals surface area contributed by atoms with E-state index in [0.29, 0.717) is 23.6 Å². The van der Waals surface area contributed by atoms with Crippen LogP contribution in [0.25, 0.3) is 0 Å². The van der Waals surface area contributed by atoms with Crippen LogP contribution in [0.5, 0.6) is 5.75 Å². The second-order valence-electron chi connectivity index (χ2n) is 9.00. The summed E-state index contributed by atoms with van der Waals surface area (Å²) in [6.45, 7) is 8.06. The van der Waals surface area contributed by atoms with Gasteiger partial charge in [0, 0.05) is 28.9 Å². The molecule has 1 aliphatic rings. The molecule has 0 bridgehead atoms. The molecular weight excluding hydrogens is 420 g/mol. The molecule has 8 heteroatoms. The van der Waals surface area contributed by atoms with Gasteiger partial charge in [0.1, 0.15) is 18.2 Å². The number of nitrogens with one attached hydrogen (secondary N) is 1. The Hall–Kier alpha value is -3.94. The summed E-state index contributed by atoms with van der Waals surface area (Å²) >= 11 is 0. The fourth-order valence-corrected chi connectivity index (χ4v) is 3.33. The highest BCUT2D eigenvalue weighted by Gasteiger charge is 2.52. The Labute approximate surface area is 192 Å². The molecule has 33 heavy (non-hydrogen) atoms. The van der Waals surface area contributed by atoms with Crippen LogP contribution in [0.3, 0.4) is 0 Å². The Morgan fingerprint density at radius 2 is 1.64 bits per heavy atom. The van der Waals surface area contributed by atoms with E-state index in [4.69, 9.17) is 9.47 Å². The van der Waals surface area contributed by atoms with Crippen LogP contribution in [-0.4, -0.2) is 27.0 Å². The standard InChI is InChI=1S/C25H26N4O4/c1-24(2,3)21-26-14-17(15-27-21)16-32-20-12-10-18(11-13-20)25(4)22(30)29(23(31)33-25)28-19-8-6-5-7-9-19/h5-15,28H,16H2,1-4H3. The van der Waals surface area contributed by atoms with Crippen LogP contribution < -0.4 is 10.2 Å². The number of rotatable bonds is 6. The molecule has 1 N–H and O–H groups in total. The molecule has 2 aromatic carbocycles. The van der Waals surface area contributed by atoms with Crippen molar-refractivity contribution in [3.63, 3.8) is 0 Å². The van der Waals surface area contributed by atoms with Crippen molar-refractivity contribution in [1.82, 2.24) is 15.0 Å². The van der Waals surface area contributed by atoms with Crippen molar-refractivity contribution in [2.75, 3.05) is 5.43 Å². The number of anilines is 1. The summed E-state index contributed by atoms with van der Waals surface area (Å²) in [5.41, 5.74) is 3.25. The number of amides is 2. The van der Waals surface area contributed by atoms with E-state index in [1.165, 1.54) is 0 Å². The van der Waals surface area contributed by atoms with Crippen molar-refractivity contribution >= 4 is 17.7 Å². The van der Waals surface area contributed by atoms with Crippen molar-refractivity contribution < 1.29 is 19.1 Å². The van der Waals surface area contributed by atoms with Crippen LogP contribution in [0.4, 0.5) is 10.5 Å². The summed E-state index contributed by atoms with van der Waals surface area (Å²) in [6.07, 6.45) is 2.76. The maximum atomic E-state index is 13.0. The number of hydrogen-bond acceptors (Lipinski definition) is 7. The van der Waals surface area contributed by atoms with Gasteiger partial charge in [-0.15, -0.1) is 5.01 Å². The normalized spacial score (nSPS) is 18.2. The second-order valence-corrected chi connectivity index (χ2v) is 9.00. The molecule has 4 rings (SSSR count). The quantitative estimate of drug-likeness (QED) is 0.593. The zero-order valence-corrected chi connectivity index (χ0v) is 19.0. The average Bonchev–Trinajstić information content (AvgIpc) is 3.02. The van der Waals surface area contributed by atoms with E-state index in [1.54, 1.807) is 67.8 Å². The lowest BCUT2D eigenvalue weighted by atomic mass is 9.95. The van der Waals surface area contributed by atoms with E-state index in [1.807, 2.05) is 6.07 Å². The number of imide groups is 1. The SMILES string of the molecule is CC(C)(C)c1ncc(COc2ccc(C3(C)OC(=O)N(Nc4ccccc4)C3=O)cc2)cn1. The van der Waals surface area contributed by atoms with Gasteiger partial charge in [-0.05, 0) is 31.2 Å². The summed E-state index contributed by atoms with van der Waals surface area (Å²) in [5, 5.41) is 0.890. The number of cyclic esters (lactones) is 1. The predicted molar refractivity (Wildman–Crippen MR) is 122 cm³/mol. The topological polar surface area (TPSA) is 93.7 Å². The lowest BCUT2D eigenvalue weighted by Gasteiger charge is -2.21. The monoisotopic (exact) mass is 446 g/mol. The van der Waals surface area contributed by atoms with E-state index in [0.717, 1.165) is 16.4 Å². The lowest BCUT2D eigenvalue weighted by molar-refractivity contribution is -0.135. The number of carbonyl (C=O) groups excluding carboxylic acids is 2. The van der Waals surface area contributed by atoms with Gasteiger partial charge in [-0.3, -0.25) is 10.2 Å². The summed E-state index contributed by atoms with van der Waals surface area (Å²) in [4.78, 5) is 34.2. The fourth-order valence-electron chi connectivity index (χ4n) is 3.33. The summed E-state index contributed by atoms with van der Waals surface area (Å²) in [6, 6.07) is 15.9. The first kappa shape index (κ1) is 22.3. The van der Waals surface area contributed by atoms with E-state index in [-0.39, 0.29) is 5.41 Å². The summed E-state index contributed by atoms with van der Waals surface area (Å²) < 4.78 is 11.3. The van der Waals surface area contributed by atoms with Crippen LogP contribution in [0, 0.1) is 0 Å². The van der Waals surface area contributed by atoms with Gasteiger partial charge < -0.3 is 9.47 Å². The van der Waals surface area contributed by atoms with Gasteiger partial charge in [-0.1, -0.05) is 51.1 Å². The Morgan fingerprint density at radius 1 is 1.00 bits per heavy atom. The summed E-state index contributed by atoms with van der Waals surface area (Å²) in [5.74, 6) is 0.884.